The molecule has 0 unspecified atom stereocenters. The van der Waals surface area contributed by atoms with Crippen molar-refractivity contribution in [3.05, 3.63) is 23.8 Å². The van der Waals surface area contributed by atoms with E-state index in [1.165, 1.54) is 18.2 Å². The van der Waals surface area contributed by atoms with Gasteiger partial charge in [-0.2, -0.15) is 0 Å². The van der Waals surface area contributed by atoms with Crippen LogP contribution in [0.5, 0.6) is 5.75 Å². The maximum Gasteiger partial charge on any atom is 1.00 e. The molecular weight excluding hydrogens is 224 g/mol. The summed E-state index contributed by atoms with van der Waals surface area (Å²) in [5.74, 6) is -1.46. The minimum Gasteiger partial charge on any atom is -0.507 e. The van der Waals surface area contributed by atoms with Crippen LogP contribution in [0.4, 0.5) is 5.69 Å². The monoisotopic (exact) mass is 231 g/mol. The number of carboxylic acids is 1. The number of aromatic carboxylic acids is 1. The fourth-order valence-electron chi connectivity index (χ4n) is 0.725. The van der Waals surface area contributed by atoms with Gasteiger partial charge in [0.05, 0.1) is 0 Å². The fourth-order valence-corrected chi connectivity index (χ4v) is 0.725. The molecule has 1 aromatic rings. The zero-order valence-corrected chi connectivity index (χ0v) is 13.9. The number of hydrogen-bond donors (Lipinski definition) is 3. The Bertz CT molecular complexity index is 304. The van der Waals surface area contributed by atoms with Gasteiger partial charge in [0, 0.05) is 5.69 Å². The molecule has 4 N–H and O–H groups in total. The quantitative estimate of drug-likeness (QED) is 0.256. The maximum atomic E-state index is 10.4. The second kappa shape index (κ2) is 7.80. The molecule has 0 radical (unpaired) electrons. The van der Waals surface area contributed by atoms with Gasteiger partial charge in [0.1, 0.15) is 11.3 Å². The molecule has 0 heterocycles. The summed E-state index contributed by atoms with van der Waals surface area (Å²) in [6.07, 6.45) is 0. The molecule has 0 aliphatic carbocycles. The third-order valence-corrected chi connectivity index (χ3v) is 1.25. The molecule has 1 rings (SSSR count). The van der Waals surface area contributed by atoms with Crippen molar-refractivity contribution in [3.63, 3.8) is 0 Å². The molecule has 0 fully saturated rings. The molecule has 0 aliphatic heterocycles. The van der Waals surface area contributed by atoms with Gasteiger partial charge in [-0.05, 0) is 18.2 Å². The first kappa shape index (κ1) is 17.0. The van der Waals surface area contributed by atoms with Crippen LogP contribution in [0.1, 0.15) is 10.4 Å². The van der Waals surface area contributed by atoms with Gasteiger partial charge in [-0.25, -0.2) is 4.79 Å². The van der Waals surface area contributed by atoms with Gasteiger partial charge in [0.2, 0.25) is 0 Å². The molecule has 0 saturated carbocycles. The van der Waals surface area contributed by atoms with Gasteiger partial charge in [-0.1, -0.05) is 0 Å². The Morgan fingerprint density at radius 3 is 2.23 bits per heavy atom. The molecule has 0 saturated heterocycles. The Morgan fingerprint density at radius 2 is 1.85 bits per heavy atom. The normalized spacial score (nSPS) is 8.00. The molecule has 4 nitrogen and oxygen atoms in total. The molecule has 6 heteroatoms. The average molecular weight is 231 g/mol. The van der Waals surface area contributed by atoms with Gasteiger partial charge < -0.3 is 15.9 Å². The minimum absolute atomic E-state index is 0. The summed E-state index contributed by atoms with van der Waals surface area (Å²) < 4.78 is 0. The van der Waals surface area contributed by atoms with E-state index in [4.69, 9.17) is 15.9 Å². The molecule has 13 heavy (non-hydrogen) atoms. The summed E-state index contributed by atoms with van der Waals surface area (Å²) in [7, 11) is 0. The van der Waals surface area contributed by atoms with E-state index < -0.39 is 5.97 Å². The van der Waals surface area contributed by atoms with Crippen molar-refractivity contribution in [1.29, 1.82) is 0 Å². The summed E-state index contributed by atoms with van der Waals surface area (Å²) in [6, 6.07) is 3.89. The van der Waals surface area contributed by atoms with Crippen molar-refractivity contribution in [2.75, 3.05) is 5.73 Å². The number of phenols is 1. The molecule has 58 valence electrons. The van der Waals surface area contributed by atoms with E-state index in [2.05, 4.69) is 0 Å². The largest absolute Gasteiger partial charge is 1.00 e. The molecule has 0 spiro atoms. The molecule has 0 aliphatic rings. The van der Waals surface area contributed by atoms with Crippen LogP contribution in [-0.2, 0) is 0 Å². The van der Waals surface area contributed by atoms with Crippen molar-refractivity contribution in [2.24, 2.45) is 0 Å². The number of nitrogens with two attached hydrogens (primary N) is 1. The predicted octanol–water partition coefficient (Wildman–Crippen LogP) is -5.32. The van der Waals surface area contributed by atoms with Gasteiger partial charge in [0.15, 0.2) is 0 Å². The summed E-state index contributed by atoms with van der Waals surface area (Å²) in [5.41, 5.74) is 5.43. The van der Waals surface area contributed by atoms with Crippen LogP contribution in [0, 0.1) is 0 Å². The Hall–Kier alpha value is 1.56. The van der Waals surface area contributed by atoms with Crippen molar-refractivity contribution in [3.8, 4) is 5.75 Å². The number of nitrogen functional groups attached to an aromatic ring is 1. The van der Waals surface area contributed by atoms with Crippen molar-refractivity contribution in [1.82, 2.24) is 0 Å². The van der Waals surface area contributed by atoms with Crippen LogP contribution < -0.4 is 109 Å². The second-order valence-corrected chi connectivity index (χ2v) is 2.08. The Labute approximate surface area is 161 Å². The van der Waals surface area contributed by atoms with Crippen LogP contribution in [0.25, 0.3) is 0 Å². The number of anilines is 1. The van der Waals surface area contributed by atoms with Crippen molar-refractivity contribution >= 4 is 11.7 Å². The number of carboxylic acid groups (broad SMARTS) is 1. The van der Waals surface area contributed by atoms with Crippen LogP contribution in [0.2, 0.25) is 0 Å². The first-order chi connectivity index (χ1) is 5.11. The zero-order valence-electron chi connectivity index (χ0n) is 7.61. The SMILES string of the molecule is Nc1ccc(O)c(C(=O)O)c1.[K+].[K+]. The number of rotatable bonds is 1. The molecule has 0 atom stereocenters. The third kappa shape index (κ3) is 5.26. The number of benzene rings is 1. The van der Waals surface area contributed by atoms with Gasteiger partial charge in [0.25, 0.3) is 0 Å². The van der Waals surface area contributed by atoms with Crippen LogP contribution >= 0.6 is 0 Å². The predicted molar refractivity (Wildman–Crippen MR) is 39.5 cm³/mol. The van der Waals surface area contributed by atoms with Crippen LogP contribution in [-0.4, -0.2) is 16.2 Å². The summed E-state index contributed by atoms with van der Waals surface area (Å²) in [6.45, 7) is 0. The third-order valence-electron chi connectivity index (χ3n) is 1.25. The van der Waals surface area contributed by atoms with Gasteiger partial charge in [-0.3, -0.25) is 0 Å². The first-order valence-electron chi connectivity index (χ1n) is 2.93. The second-order valence-electron chi connectivity index (χ2n) is 2.08. The fraction of sp³-hybridized carbons (Fsp3) is 0. The van der Waals surface area contributed by atoms with E-state index in [1.807, 2.05) is 0 Å². The van der Waals surface area contributed by atoms with E-state index in [0.29, 0.717) is 5.69 Å². The van der Waals surface area contributed by atoms with E-state index in [9.17, 15) is 4.79 Å². The minimum atomic E-state index is -1.19. The van der Waals surface area contributed by atoms with Crippen molar-refractivity contribution in [2.45, 2.75) is 0 Å². The van der Waals surface area contributed by atoms with Crippen molar-refractivity contribution < 1.29 is 118 Å². The van der Waals surface area contributed by atoms with Crippen LogP contribution in [0.3, 0.4) is 0 Å². The topological polar surface area (TPSA) is 83.5 Å². The van der Waals surface area contributed by atoms with Gasteiger partial charge in [-0.15, -0.1) is 0 Å². The molecular formula is C7H7K2NO3+2. The van der Waals surface area contributed by atoms with Crippen LogP contribution in [0.15, 0.2) is 18.2 Å². The van der Waals surface area contributed by atoms with E-state index in [1.54, 1.807) is 0 Å². The van der Waals surface area contributed by atoms with Gasteiger partial charge >= 0.3 is 109 Å². The summed E-state index contributed by atoms with van der Waals surface area (Å²) in [4.78, 5) is 10.4. The molecule has 0 bridgehead atoms. The number of carbonyl (C=O) groups is 1. The Morgan fingerprint density at radius 1 is 1.31 bits per heavy atom. The number of hydrogen-bond acceptors (Lipinski definition) is 3. The zero-order chi connectivity index (χ0) is 8.43. The molecule has 1 aromatic carbocycles. The Kier molecular flexibility index (Phi) is 10.2. The van der Waals surface area contributed by atoms with E-state index in [0.717, 1.165) is 0 Å². The molecule has 0 amide bonds. The number of aromatic hydroxyl groups is 1. The summed E-state index contributed by atoms with van der Waals surface area (Å²) in [5, 5.41) is 17.4. The first-order valence-corrected chi connectivity index (χ1v) is 2.93. The van der Waals surface area contributed by atoms with E-state index >= 15 is 0 Å². The average Bonchev–Trinajstić information content (AvgIpc) is 1.94. The van der Waals surface area contributed by atoms with E-state index in [-0.39, 0.29) is 114 Å². The Balaban J connectivity index is 0. The standard InChI is InChI=1S/C7H7NO3.2K/c8-4-1-2-6(9)5(3-4)7(10)11;;/h1-3,9H,8H2,(H,10,11);;/q;2*+1. The smallest absolute Gasteiger partial charge is 0.507 e. The summed E-state index contributed by atoms with van der Waals surface area (Å²) >= 11 is 0. The maximum absolute atomic E-state index is 10.4. The molecule has 0 aromatic heterocycles.